The molecule has 0 aliphatic carbocycles. The van der Waals surface area contributed by atoms with E-state index in [1.807, 2.05) is 17.0 Å². The number of nitrogen functional groups attached to an aromatic ring is 1. The minimum atomic E-state index is -0.213. The number of pyridine rings is 1. The Bertz CT molecular complexity index is 789. The highest BCUT2D eigenvalue weighted by atomic mass is 32.1. The van der Waals surface area contributed by atoms with E-state index in [2.05, 4.69) is 10.3 Å². The van der Waals surface area contributed by atoms with E-state index in [0.29, 0.717) is 17.1 Å². The third-order valence-corrected chi connectivity index (χ3v) is 5.34. The third kappa shape index (κ3) is 2.83. The SMILES string of the molecule is CNC(=O)c1sc2nc([C@H]3CCCN3C(=O)COC)ccc2c1N. The molecule has 1 fully saturated rings. The molecule has 2 aromatic heterocycles. The number of ether oxygens (including phenoxy) is 1. The zero-order valence-electron chi connectivity index (χ0n) is 13.7. The van der Waals surface area contributed by atoms with Crippen LogP contribution in [0.5, 0.6) is 0 Å². The number of fused-ring (bicyclic) bond motifs is 1. The lowest BCUT2D eigenvalue weighted by Crippen LogP contribution is -2.33. The van der Waals surface area contributed by atoms with Crippen LogP contribution in [0.3, 0.4) is 0 Å². The van der Waals surface area contributed by atoms with Crippen molar-refractivity contribution < 1.29 is 14.3 Å². The van der Waals surface area contributed by atoms with Crippen molar-refractivity contribution in [3.63, 3.8) is 0 Å². The van der Waals surface area contributed by atoms with Crippen LogP contribution in [0.2, 0.25) is 0 Å². The van der Waals surface area contributed by atoms with Crippen molar-refractivity contribution in [2.75, 3.05) is 33.0 Å². The lowest BCUT2D eigenvalue weighted by atomic mass is 10.1. The van der Waals surface area contributed by atoms with Crippen LogP contribution < -0.4 is 11.1 Å². The van der Waals surface area contributed by atoms with Gasteiger partial charge in [0.05, 0.1) is 17.4 Å². The molecule has 128 valence electrons. The smallest absolute Gasteiger partial charge is 0.263 e. The summed E-state index contributed by atoms with van der Waals surface area (Å²) in [4.78, 5) is 31.7. The van der Waals surface area contributed by atoms with Gasteiger partial charge in [0.15, 0.2) is 0 Å². The molecule has 0 bridgehead atoms. The molecule has 2 amide bonds. The molecule has 3 N–H and O–H groups in total. The molecule has 8 heteroatoms. The number of hydrogen-bond acceptors (Lipinski definition) is 6. The molecular formula is C16H20N4O3S. The summed E-state index contributed by atoms with van der Waals surface area (Å²) in [5.74, 6) is -0.242. The molecule has 3 heterocycles. The van der Waals surface area contributed by atoms with Gasteiger partial charge in [0.2, 0.25) is 5.91 Å². The van der Waals surface area contributed by atoms with E-state index < -0.39 is 0 Å². The molecule has 24 heavy (non-hydrogen) atoms. The number of carbonyl (C=O) groups is 2. The summed E-state index contributed by atoms with van der Waals surface area (Å²) in [6.07, 6.45) is 1.81. The zero-order chi connectivity index (χ0) is 17.3. The molecule has 7 nitrogen and oxygen atoms in total. The molecule has 0 saturated carbocycles. The van der Waals surface area contributed by atoms with Gasteiger partial charge in [0.25, 0.3) is 5.91 Å². The van der Waals surface area contributed by atoms with Gasteiger partial charge in [-0.1, -0.05) is 0 Å². The first-order chi connectivity index (χ1) is 11.6. The van der Waals surface area contributed by atoms with E-state index in [9.17, 15) is 9.59 Å². The predicted molar refractivity (Wildman–Crippen MR) is 93.0 cm³/mol. The third-order valence-electron chi connectivity index (χ3n) is 4.23. The molecule has 0 aromatic carbocycles. The van der Waals surface area contributed by atoms with Gasteiger partial charge in [0, 0.05) is 26.1 Å². The Morgan fingerprint density at radius 1 is 1.50 bits per heavy atom. The summed E-state index contributed by atoms with van der Waals surface area (Å²) in [6.45, 7) is 0.786. The number of amides is 2. The molecule has 0 radical (unpaired) electrons. The van der Waals surface area contributed by atoms with Crippen molar-refractivity contribution in [2.45, 2.75) is 18.9 Å². The molecule has 1 saturated heterocycles. The molecule has 1 aliphatic rings. The van der Waals surface area contributed by atoms with E-state index in [0.717, 1.165) is 28.8 Å². The topological polar surface area (TPSA) is 97.5 Å². The minimum Gasteiger partial charge on any atom is -0.397 e. The molecule has 2 aromatic rings. The second-order valence-corrected chi connectivity index (χ2v) is 6.69. The van der Waals surface area contributed by atoms with Crippen LogP contribution in [0.15, 0.2) is 12.1 Å². The van der Waals surface area contributed by atoms with Crippen LogP contribution in [0.1, 0.15) is 34.2 Å². The molecule has 0 unspecified atom stereocenters. The summed E-state index contributed by atoms with van der Waals surface area (Å²) in [5, 5.41) is 3.36. The van der Waals surface area contributed by atoms with Gasteiger partial charge in [-0.2, -0.15) is 0 Å². The lowest BCUT2D eigenvalue weighted by molar-refractivity contribution is -0.136. The van der Waals surface area contributed by atoms with Crippen molar-refractivity contribution in [3.05, 3.63) is 22.7 Å². The van der Waals surface area contributed by atoms with E-state index in [1.165, 1.54) is 18.4 Å². The van der Waals surface area contributed by atoms with Gasteiger partial charge < -0.3 is 20.7 Å². The standard InChI is InChI=1S/C16H20N4O3S/c1-18-15(22)14-13(17)9-5-6-10(19-16(9)24-14)11-4-3-7-20(11)12(21)8-23-2/h5-6,11H,3-4,7-8,17H2,1-2H3,(H,18,22)/t11-/m1/s1. The summed E-state index contributed by atoms with van der Waals surface area (Å²) in [5.41, 5.74) is 7.34. The van der Waals surface area contributed by atoms with Crippen LogP contribution in [-0.2, 0) is 9.53 Å². The van der Waals surface area contributed by atoms with Gasteiger partial charge in [-0.3, -0.25) is 9.59 Å². The number of hydrogen-bond donors (Lipinski definition) is 2. The maximum Gasteiger partial charge on any atom is 0.263 e. The minimum absolute atomic E-state index is 0.0290. The largest absolute Gasteiger partial charge is 0.397 e. The molecule has 1 atom stereocenters. The first-order valence-corrected chi connectivity index (χ1v) is 8.57. The number of carbonyl (C=O) groups excluding carboxylic acids is 2. The number of nitrogens with two attached hydrogens (primary N) is 1. The van der Waals surface area contributed by atoms with E-state index >= 15 is 0 Å². The van der Waals surface area contributed by atoms with Crippen LogP contribution in [0, 0.1) is 0 Å². The summed E-state index contributed by atoms with van der Waals surface area (Å²) in [7, 11) is 3.09. The molecule has 1 aliphatic heterocycles. The number of thiophene rings is 1. The number of aromatic nitrogens is 1. The van der Waals surface area contributed by atoms with E-state index in [1.54, 1.807) is 7.05 Å². The number of likely N-dealkylation sites (tertiary alicyclic amines) is 1. The summed E-state index contributed by atoms with van der Waals surface area (Å²) >= 11 is 1.27. The second kappa shape index (κ2) is 6.74. The van der Waals surface area contributed by atoms with Gasteiger partial charge in [-0.25, -0.2) is 4.98 Å². The Hall–Kier alpha value is -2.19. The Kier molecular flexibility index (Phi) is 4.68. The fraction of sp³-hybridized carbons (Fsp3) is 0.438. The normalized spacial score (nSPS) is 17.4. The lowest BCUT2D eigenvalue weighted by Gasteiger charge is -2.24. The summed E-state index contributed by atoms with van der Waals surface area (Å²) in [6, 6.07) is 3.72. The van der Waals surface area contributed by atoms with Crippen molar-refractivity contribution in [2.24, 2.45) is 0 Å². The van der Waals surface area contributed by atoms with Gasteiger partial charge in [0.1, 0.15) is 16.3 Å². The van der Waals surface area contributed by atoms with Gasteiger partial charge >= 0.3 is 0 Å². The monoisotopic (exact) mass is 348 g/mol. The number of nitrogens with zero attached hydrogens (tertiary/aromatic N) is 2. The highest BCUT2D eigenvalue weighted by Crippen LogP contribution is 2.36. The molecule has 0 spiro atoms. The Morgan fingerprint density at radius 2 is 2.29 bits per heavy atom. The summed E-state index contributed by atoms with van der Waals surface area (Å²) < 4.78 is 4.96. The Balaban J connectivity index is 1.95. The van der Waals surface area contributed by atoms with Crippen molar-refractivity contribution in [1.29, 1.82) is 0 Å². The quantitative estimate of drug-likeness (QED) is 0.874. The fourth-order valence-corrected chi connectivity index (χ4v) is 4.11. The predicted octanol–water partition coefficient (Wildman–Crippen LogP) is 1.55. The van der Waals surface area contributed by atoms with Gasteiger partial charge in [-0.05, 0) is 25.0 Å². The average Bonchev–Trinajstić information content (AvgIpc) is 3.19. The van der Waals surface area contributed by atoms with E-state index in [-0.39, 0.29) is 24.5 Å². The number of nitrogens with one attached hydrogen (secondary N) is 1. The van der Waals surface area contributed by atoms with Crippen LogP contribution in [0.25, 0.3) is 10.2 Å². The maximum atomic E-state index is 12.2. The van der Waals surface area contributed by atoms with Crippen molar-refractivity contribution in [3.8, 4) is 0 Å². The fourth-order valence-electron chi connectivity index (χ4n) is 3.06. The highest BCUT2D eigenvalue weighted by Gasteiger charge is 2.31. The number of rotatable bonds is 4. The second-order valence-electron chi connectivity index (χ2n) is 5.69. The number of methoxy groups -OCH3 is 1. The van der Waals surface area contributed by atoms with Crippen molar-refractivity contribution in [1.82, 2.24) is 15.2 Å². The van der Waals surface area contributed by atoms with Crippen molar-refractivity contribution >= 4 is 39.1 Å². The van der Waals surface area contributed by atoms with E-state index in [4.69, 9.17) is 10.5 Å². The zero-order valence-corrected chi connectivity index (χ0v) is 14.5. The molecular weight excluding hydrogens is 328 g/mol. The maximum absolute atomic E-state index is 12.2. The molecule has 3 rings (SSSR count). The van der Waals surface area contributed by atoms with Gasteiger partial charge in [-0.15, -0.1) is 11.3 Å². The first kappa shape index (κ1) is 16.7. The highest BCUT2D eigenvalue weighted by molar-refractivity contribution is 7.21. The van der Waals surface area contributed by atoms with Crippen LogP contribution in [-0.4, -0.2) is 49.0 Å². The Labute approximate surface area is 143 Å². The first-order valence-electron chi connectivity index (χ1n) is 7.76. The van der Waals surface area contributed by atoms with Crippen LogP contribution in [0.4, 0.5) is 5.69 Å². The van der Waals surface area contributed by atoms with Crippen LogP contribution >= 0.6 is 11.3 Å². The average molecular weight is 348 g/mol. The Morgan fingerprint density at radius 3 is 3.00 bits per heavy atom. The number of anilines is 1.